The van der Waals surface area contributed by atoms with E-state index in [0.717, 1.165) is 0 Å². The van der Waals surface area contributed by atoms with Gasteiger partial charge >= 0.3 is 0 Å². The predicted octanol–water partition coefficient (Wildman–Crippen LogP) is 0.324. The van der Waals surface area contributed by atoms with Crippen molar-refractivity contribution in [1.82, 2.24) is 10.1 Å². The first-order chi connectivity index (χ1) is 8.03. The standard InChI is InChI=1S/C10H14N2O4S/c1-2-12(8-4-6-17(14,15)7-8)10(13)9-3-5-16-11-9/h3,5,8H,2,4,6-7H2,1H3. The Morgan fingerprint density at radius 2 is 2.41 bits per heavy atom. The van der Waals surface area contributed by atoms with Gasteiger partial charge in [-0.3, -0.25) is 4.79 Å². The minimum Gasteiger partial charge on any atom is -0.364 e. The van der Waals surface area contributed by atoms with Crippen LogP contribution in [0, 0.1) is 0 Å². The van der Waals surface area contributed by atoms with Crippen molar-refractivity contribution in [2.45, 2.75) is 19.4 Å². The highest BCUT2D eigenvalue weighted by atomic mass is 32.2. The molecule has 0 aromatic carbocycles. The van der Waals surface area contributed by atoms with E-state index < -0.39 is 9.84 Å². The number of rotatable bonds is 3. The summed E-state index contributed by atoms with van der Waals surface area (Å²) in [7, 11) is -2.99. The monoisotopic (exact) mass is 258 g/mol. The topological polar surface area (TPSA) is 80.5 Å². The van der Waals surface area contributed by atoms with Crippen molar-refractivity contribution in [3.63, 3.8) is 0 Å². The van der Waals surface area contributed by atoms with E-state index in [4.69, 9.17) is 0 Å². The molecule has 0 radical (unpaired) electrons. The average Bonchev–Trinajstić information content (AvgIpc) is 2.88. The van der Waals surface area contributed by atoms with Crippen molar-refractivity contribution in [1.29, 1.82) is 0 Å². The van der Waals surface area contributed by atoms with Crippen LogP contribution in [0.4, 0.5) is 0 Å². The van der Waals surface area contributed by atoms with Crippen LogP contribution in [0.2, 0.25) is 0 Å². The van der Waals surface area contributed by atoms with E-state index in [1.54, 1.807) is 4.90 Å². The fourth-order valence-corrected chi connectivity index (χ4v) is 3.79. The minimum absolute atomic E-state index is 0.0461. The van der Waals surface area contributed by atoms with E-state index >= 15 is 0 Å². The molecule has 1 unspecified atom stereocenters. The molecule has 1 atom stereocenters. The largest absolute Gasteiger partial charge is 0.364 e. The smallest absolute Gasteiger partial charge is 0.276 e. The number of hydrogen-bond donors (Lipinski definition) is 0. The molecule has 1 aliphatic rings. The second-order valence-electron chi connectivity index (χ2n) is 4.03. The molecule has 1 aliphatic heterocycles. The molecular weight excluding hydrogens is 244 g/mol. The molecule has 1 aromatic rings. The molecule has 0 saturated carbocycles. The Kier molecular flexibility index (Phi) is 3.19. The maximum atomic E-state index is 12.0. The van der Waals surface area contributed by atoms with Crippen molar-refractivity contribution in [3.05, 3.63) is 18.0 Å². The van der Waals surface area contributed by atoms with Crippen LogP contribution >= 0.6 is 0 Å². The quantitative estimate of drug-likeness (QED) is 0.780. The van der Waals surface area contributed by atoms with Gasteiger partial charge in [-0.15, -0.1) is 0 Å². The van der Waals surface area contributed by atoms with Crippen LogP contribution in [-0.4, -0.2) is 48.5 Å². The normalized spacial score (nSPS) is 22.5. The first kappa shape index (κ1) is 12.1. The molecule has 6 nitrogen and oxygen atoms in total. The zero-order valence-corrected chi connectivity index (χ0v) is 10.3. The maximum absolute atomic E-state index is 12.0. The maximum Gasteiger partial charge on any atom is 0.276 e. The van der Waals surface area contributed by atoms with Gasteiger partial charge in [0.1, 0.15) is 6.26 Å². The van der Waals surface area contributed by atoms with Gasteiger partial charge in [-0.2, -0.15) is 0 Å². The van der Waals surface area contributed by atoms with Gasteiger partial charge in [0.05, 0.1) is 11.5 Å². The first-order valence-corrected chi connectivity index (χ1v) is 7.27. The number of hydrogen-bond acceptors (Lipinski definition) is 5. The van der Waals surface area contributed by atoms with E-state index in [1.165, 1.54) is 12.3 Å². The van der Waals surface area contributed by atoms with Gasteiger partial charge in [0.2, 0.25) is 0 Å². The number of carbonyl (C=O) groups excluding carboxylic acids is 1. The van der Waals surface area contributed by atoms with Crippen molar-refractivity contribution >= 4 is 15.7 Å². The van der Waals surface area contributed by atoms with E-state index in [1.807, 2.05) is 6.92 Å². The van der Waals surface area contributed by atoms with E-state index in [2.05, 4.69) is 9.68 Å². The summed E-state index contributed by atoms with van der Waals surface area (Å²) in [6, 6.07) is 1.24. The van der Waals surface area contributed by atoms with Gasteiger partial charge in [0.25, 0.3) is 5.91 Å². The minimum atomic E-state index is -2.99. The molecule has 2 rings (SSSR count). The Labute approximate surface area is 99.5 Å². The van der Waals surface area contributed by atoms with E-state index in [-0.39, 0.29) is 29.1 Å². The lowest BCUT2D eigenvalue weighted by Crippen LogP contribution is -2.41. The summed E-state index contributed by atoms with van der Waals surface area (Å²) in [6.07, 6.45) is 1.83. The zero-order chi connectivity index (χ0) is 12.5. The molecule has 0 N–H and O–H groups in total. The predicted molar refractivity (Wildman–Crippen MR) is 60.3 cm³/mol. The summed E-state index contributed by atoms with van der Waals surface area (Å²) >= 11 is 0. The molecule has 1 saturated heterocycles. The lowest BCUT2D eigenvalue weighted by molar-refractivity contribution is 0.0698. The van der Waals surface area contributed by atoms with Gasteiger partial charge in [-0.1, -0.05) is 5.16 Å². The van der Waals surface area contributed by atoms with Crippen LogP contribution in [0.5, 0.6) is 0 Å². The Hall–Kier alpha value is -1.37. The van der Waals surface area contributed by atoms with Crippen LogP contribution < -0.4 is 0 Å². The molecule has 1 fully saturated rings. The van der Waals surface area contributed by atoms with Crippen LogP contribution in [-0.2, 0) is 9.84 Å². The summed E-state index contributed by atoms with van der Waals surface area (Å²) in [5.74, 6) is -0.0756. The number of nitrogens with zero attached hydrogens (tertiary/aromatic N) is 2. The number of aromatic nitrogens is 1. The number of carbonyl (C=O) groups is 1. The van der Waals surface area contributed by atoms with Crippen molar-refractivity contribution < 1.29 is 17.7 Å². The van der Waals surface area contributed by atoms with E-state index in [0.29, 0.717) is 13.0 Å². The second-order valence-corrected chi connectivity index (χ2v) is 6.26. The highest BCUT2D eigenvalue weighted by Crippen LogP contribution is 2.19. The summed E-state index contributed by atoms with van der Waals surface area (Å²) < 4.78 is 27.4. The Balaban J connectivity index is 2.15. The van der Waals surface area contributed by atoms with Gasteiger partial charge in [-0.05, 0) is 13.3 Å². The zero-order valence-electron chi connectivity index (χ0n) is 9.50. The lowest BCUT2D eigenvalue weighted by Gasteiger charge is -2.25. The third-order valence-corrected chi connectivity index (χ3v) is 4.66. The number of sulfone groups is 1. The van der Waals surface area contributed by atoms with Crippen LogP contribution in [0.3, 0.4) is 0 Å². The summed E-state index contributed by atoms with van der Waals surface area (Å²) in [5.41, 5.74) is 0.219. The molecule has 7 heteroatoms. The van der Waals surface area contributed by atoms with Crippen molar-refractivity contribution in [3.8, 4) is 0 Å². The summed E-state index contributed by atoms with van der Waals surface area (Å²) in [6.45, 7) is 2.29. The molecule has 94 valence electrons. The molecular formula is C10H14N2O4S. The summed E-state index contributed by atoms with van der Waals surface area (Å²) in [5, 5.41) is 3.58. The van der Waals surface area contributed by atoms with E-state index in [9.17, 15) is 13.2 Å². The molecule has 1 amide bonds. The third-order valence-electron chi connectivity index (χ3n) is 2.91. The van der Waals surface area contributed by atoms with Crippen LogP contribution in [0.1, 0.15) is 23.8 Å². The van der Waals surface area contributed by atoms with Gasteiger partial charge in [0, 0.05) is 18.7 Å². The fraction of sp³-hybridized carbons (Fsp3) is 0.600. The van der Waals surface area contributed by atoms with Crippen molar-refractivity contribution in [2.24, 2.45) is 0 Å². The SMILES string of the molecule is CCN(C(=O)c1ccon1)C1CCS(=O)(=O)C1. The summed E-state index contributed by atoms with van der Waals surface area (Å²) in [4.78, 5) is 13.6. The second kappa shape index (κ2) is 4.48. The lowest BCUT2D eigenvalue weighted by atomic mass is 10.2. The molecule has 0 aliphatic carbocycles. The van der Waals surface area contributed by atoms with Crippen molar-refractivity contribution in [2.75, 3.05) is 18.1 Å². The molecule has 0 bridgehead atoms. The molecule has 17 heavy (non-hydrogen) atoms. The van der Waals surface area contributed by atoms with Gasteiger partial charge < -0.3 is 9.42 Å². The highest BCUT2D eigenvalue weighted by molar-refractivity contribution is 7.91. The Bertz CT molecular complexity index is 494. The molecule has 0 spiro atoms. The molecule has 2 heterocycles. The van der Waals surface area contributed by atoms with Gasteiger partial charge in [-0.25, -0.2) is 8.42 Å². The van der Waals surface area contributed by atoms with Gasteiger partial charge in [0.15, 0.2) is 15.5 Å². The highest BCUT2D eigenvalue weighted by Gasteiger charge is 2.34. The fourth-order valence-electron chi connectivity index (χ4n) is 2.06. The number of amides is 1. The van der Waals surface area contributed by atoms with Crippen LogP contribution in [0.25, 0.3) is 0 Å². The first-order valence-electron chi connectivity index (χ1n) is 5.45. The molecule has 1 aromatic heterocycles. The average molecular weight is 258 g/mol. The Morgan fingerprint density at radius 3 is 2.88 bits per heavy atom. The third kappa shape index (κ3) is 2.49. The van der Waals surface area contributed by atoms with Crippen LogP contribution in [0.15, 0.2) is 16.9 Å². The Morgan fingerprint density at radius 1 is 1.65 bits per heavy atom.